The van der Waals surface area contributed by atoms with Crippen molar-refractivity contribution in [2.75, 3.05) is 203 Å². The molecule has 28 heteroatoms. The van der Waals surface area contributed by atoms with Gasteiger partial charge in [-0.25, -0.2) is 19.4 Å². The maximum Gasteiger partial charge on any atom is 1.00 e. The van der Waals surface area contributed by atoms with Crippen LogP contribution < -0.4 is 74.3 Å². The maximum absolute atomic E-state index is 13.8. The van der Waals surface area contributed by atoms with E-state index in [0.29, 0.717) is 161 Å². The zero-order valence-electron chi connectivity index (χ0n) is 73.5. The van der Waals surface area contributed by atoms with Gasteiger partial charge in [-0.05, 0) is 206 Å². The average molecular weight is 1630 g/mol. The van der Waals surface area contributed by atoms with Gasteiger partial charge >= 0.3 is 47.5 Å². The van der Waals surface area contributed by atoms with E-state index in [2.05, 4.69) is 35.8 Å². The Morgan fingerprint density at radius 1 is 0.441 bits per heavy atom. The number of piperazine rings is 3. The van der Waals surface area contributed by atoms with Crippen LogP contribution in [0.25, 0.3) is 32.7 Å². The van der Waals surface area contributed by atoms with Gasteiger partial charge in [-0.2, -0.15) is 0 Å². The molecule has 3 aromatic heterocycles. The number of esters is 3. The third kappa shape index (κ3) is 24.3. The fourth-order valence-electron chi connectivity index (χ4n) is 14.0. The van der Waals surface area contributed by atoms with Gasteiger partial charge in [-0.1, -0.05) is 55.7 Å². The molecular formula is C90H119N12NaO15. The van der Waals surface area contributed by atoms with Crippen molar-refractivity contribution in [2.24, 2.45) is 0 Å². The summed E-state index contributed by atoms with van der Waals surface area (Å²) in [5, 5.41) is 2.48. The molecule has 0 aliphatic carbocycles. The number of methoxy groups -OCH3 is 3. The Balaban J connectivity index is 0.000000263. The fraction of sp³-hybridized carbons (Fsp3) is 0.433. The molecule has 27 nitrogen and oxygen atoms in total. The first-order valence-electron chi connectivity index (χ1n) is 40.2. The van der Waals surface area contributed by atoms with E-state index >= 15 is 0 Å². The monoisotopic (exact) mass is 1630 g/mol. The Morgan fingerprint density at radius 2 is 0.805 bits per heavy atom. The minimum absolute atomic E-state index is 0. The number of H-pyrrole nitrogens is 1. The normalized spacial score (nSPS) is 13.2. The Morgan fingerprint density at radius 3 is 1.19 bits per heavy atom. The van der Waals surface area contributed by atoms with Crippen molar-refractivity contribution in [1.82, 2.24) is 43.9 Å². The van der Waals surface area contributed by atoms with Gasteiger partial charge in [-0.15, -0.1) is 0 Å². The largest absolute Gasteiger partial charge is 1.00 e. The number of ether oxygens (including phenoxy) is 7. The van der Waals surface area contributed by atoms with Crippen LogP contribution in [0.3, 0.4) is 0 Å². The molecule has 6 aromatic carbocycles. The molecule has 9 aromatic rings. The molecule has 0 radical (unpaired) electrons. The van der Waals surface area contributed by atoms with Gasteiger partial charge in [0, 0.05) is 131 Å². The summed E-state index contributed by atoms with van der Waals surface area (Å²) in [6, 6.07) is 38.9. The molecule has 0 unspecified atom stereocenters. The SMILES string of the molecule is CC.CCCN(C)C.CCOC(=O)c1c(N2CCN(C(=O)c3ccc(OC)cc3)CC2)c2cc(C)ccc2[nH]c1=O.CCOC(=O)c1c(N2CCN(C(=O)c3ccc(OC)cc3)CC2)c2cc(C)ccc2n(CCN(C)C)c1=O.CCOC(=O)c1c(OCCN(C)C)nc2ccc(C)cc2c1N1CCN(C(=O)c2ccc(OC)cc2)CC1.[H-].[Na+]. The molecule has 0 bridgehead atoms. The third-order valence-corrected chi connectivity index (χ3v) is 19.9. The Kier molecular flexibility index (Phi) is 36.9. The first-order chi connectivity index (χ1) is 56.3. The van der Waals surface area contributed by atoms with E-state index in [-0.39, 0.29) is 91.1 Å². The smallest absolute Gasteiger partial charge is 1.00 e. The number of hydrogen-bond donors (Lipinski definition) is 1. The third-order valence-electron chi connectivity index (χ3n) is 19.9. The number of carbonyl (C=O) groups is 6. The molecule has 3 amide bonds. The number of nitrogens with zero attached hydrogens (tertiary/aromatic N) is 11. The van der Waals surface area contributed by atoms with Crippen LogP contribution in [-0.4, -0.2) is 268 Å². The van der Waals surface area contributed by atoms with Gasteiger partial charge < -0.3 is 88.2 Å². The molecule has 630 valence electrons. The minimum atomic E-state index is -0.645. The van der Waals surface area contributed by atoms with Crippen LogP contribution in [0.15, 0.2) is 137 Å². The van der Waals surface area contributed by atoms with Crippen LogP contribution >= 0.6 is 0 Å². The van der Waals surface area contributed by atoms with Crippen molar-refractivity contribution < 1.29 is 92.9 Å². The van der Waals surface area contributed by atoms with Crippen molar-refractivity contribution in [2.45, 2.75) is 75.3 Å². The molecule has 118 heavy (non-hydrogen) atoms. The van der Waals surface area contributed by atoms with Gasteiger partial charge in [0.1, 0.15) is 40.5 Å². The number of aromatic amines is 1. The van der Waals surface area contributed by atoms with Crippen molar-refractivity contribution in [1.29, 1.82) is 0 Å². The second-order valence-corrected chi connectivity index (χ2v) is 29.0. The summed E-state index contributed by atoms with van der Waals surface area (Å²) in [5.41, 5.74) is 8.54. The number of rotatable bonds is 24. The van der Waals surface area contributed by atoms with E-state index < -0.39 is 23.5 Å². The van der Waals surface area contributed by atoms with Crippen LogP contribution in [-0.2, 0) is 20.8 Å². The van der Waals surface area contributed by atoms with E-state index in [0.717, 1.165) is 49.6 Å². The number of pyridine rings is 3. The quantitative estimate of drug-likeness (QED) is 0.0336. The topological polar surface area (TPSA) is 264 Å². The number of hydrogen-bond acceptors (Lipinski definition) is 22. The van der Waals surface area contributed by atoms with E-state index in [9.17, 15) is 38.4 Å². The number of nitrogens with one attached hydrogen (secondary N) is 1. The van der Waals surface area contributed by atoms with E-state index in [1.54, 1.807) is 129 Å². The van der Waals surface area contributed by atoms with Gasteiger partial charge in [0.15, 0.2) is 0 Å². The Bertz CT molecular complexity index is 4980. The van der Waals surface area contributed by atoms with Gasteiger partial charge in [0.25, 0.3) is 28.8 Å². The number of likely N-dealkylation sites (N-methyl/N-ethyl adjacent to an activating group) is 2. The molecule has 3 fully saturated rings. The van der Waals surface area contributed by atoms with Gasteiger partial charge in [0.05, 0.1) is 74.8 Å². The standard InChI is InChI=1S/2C29H36N4O5.C25H27N3O5.C5H13N.C2H6.Na.H/c1-6-38-29(36)25-26(23-19-20(2)7-12-24(23)33(28(25)35)18-13-30(3)4)31-14-16-32(17-15-31)27(34)21-8-10-22(37-5)11-9-21;1-6-37-29(35)25-26(23-19-20(2)7-12-24(23)30-27(25)38-18-17-31(3)4)32-13-15-33(16-14-32)28(34)21-8-10-22(36-5)11-9-21;1-4-33-25(31)21-22(19-15-16(2)5-10-20(19)26-23(21)29)27-11-13-28(14-12-27)24(30)17-6-8-18(32-3)9-7-17;1-4-5-6(2)3;1-2;;/h2*7-12,19H,6,13-18H2,1-5H3;5-10,15H,4,11-14H2,1-3H3,(H,26,29);4-5H2,1-3H3;1-2H3;;/q;;;;;+1;-1. The van der Waals surface area contributed by atoms with Crippen molar-refractivity contribution in [3.05, 3.63) is 198 Å². The molecule has 0 atom stereocenters. The van der Waals surface area contributed by atoms with Crippen LogP contribution in [0, 0.1) is 20.8 Å². The number of aryl methyl sites for hydroxylation is 3. The fourth-order valence-corrected chi connectivity index (χ4v) is 14.0. The number of aromatic nitrogens is 3. The molecule has 3 aliphatic rings. The zero-order valence-corrected chi connectivity index (χ0v) is 74.5. The van der Waals surface area contributed by atoms with Crippen LogP contribution in [0.4, 0.5) is 17.1 Å². The summed E-state index contributed by atoms with van der Waals surface area (Å²) < 4.78 is 39.3. The summed E-state index contributed by atoms with van der Waals surface area (Å²) in [5.74, 6) is 0.498. The molecule has 3 aliphatic heterocycles. The van der Waals surface area contributed by atoms with Crippen molar-refractivity contribution in [3.8, 4) is 23.1 Å². The molecule has 12 rings (SSSR count). The number of benzene rings is 6. The van der Waals surface area contributed by atoms with Gasteiger partial charge in [0.2, 0.25) is 5.88 Å². The number of amides is 3. The van der Waals surface area contributed by atoms with E-state index in [1.165, 1.54) is 13.0 Å². The number of carbonyl (C=O) groups excluding carboxylic acids is 6. The maximum atomic E-state index is 13.8. The van der Waals surface area contributed by atoms with Crippen LogP contribution in [0.5, 0.6) is 23.1 Å². The summed E-state index contributed by atoms with van der Waals surface area (Å²) >= 11 is 0. The van der Waals surface area contributed by atoms with Gasteiger partial charge in [-0.3, -0.25) is 24.0 Å². The Labute approximate surface area is 717 Å². The second-order valence-electron chi connectivity index (χ2n) is 29.0. The summed E-state index contributed by atoms with van der Waals surface area (Å²) in [4.78, 5) is 130. The number of anilines is 3. The van der Waals surface area contributed by atoms with Crippen LogP contribution in [0.2, 0.25) is 0 Å². The average Bonchev–Trinajstić information content (AvgIpc) is 0.755. The molecular weight excluding hydrogens is 1510 g/mol. The van der Waals surface area contributed by atoms with E-state index in [1.807, 2.05) is 142 Å². The molecule has 0 saturated carbocycles. The molecule has 1 N–H and O–H groups in total. The Hall–Kier alpha value is -10.6. The first kappa shape index (κ1) is 94.6. The molecule has 0 spiro atoms. The molecule has 6 heterocycles. The number of fused-ring (bicyclic) bond motifs is 3. The second kappa shape index (κ2) is 46.0. The van der Waals surface area contributed by atoms with Crippen LogP contribution in [0.1, 0.15) is 128 Å². The predicted molar refractivity (Wildman–Crippen MR) is 464 cm³/mol. The molecule has 3 saturated heterocycles. The summed E-state index contributed by atoms with van der Waals surface area (Å²) in [6.07, 6.45) is 1.26. The zero-order chi connectivity index (χ0) is 85.2. The predicted octanol–water partition coefficient (Wildman–Crippen LogP) is 8.74. The summed E-state index contributed by atoms with van der Waals surface area (Å²) in [6.45, 7) is 27.3. The van der Waals surface area contributed by atoms with Crippen molar-refractivity contribution in [3.63, 3.8) is 0 Å². The first-order valence-corrected chi connectivity index (χ1v) is 40.2. The summed E-state index contributed by atoms with van der Waals surface area (Å²) in [7, 11) is 16.8. The van der Waals surface area contributed by atoms with E-state index in [4.69, 9.17) is 38.1 Å². The van der Waals surface area contributed by atoms with Crippen molar-refractivity contribution >= 4 is 85.4 Å². The minimum Gasteiger partial charge on any atom is -1.00 e.